The number of rotatable bonds is 6. The normalized spacial score (nSPS) is 10.6. The number of aromatic nitrogens is 1. The zero-order valence-electron chi connectivity index (χ0n) is 16.1. The van der Waals surface area contributed by atoms with Crippen molar-refractivity contribution in [3.05, 3.63) is 88.3 Å². The molecule has 0 fully saturated rings. The lowest BCUT2D eigenvalue weighted by atomic mass is 10.0. The molecule has 30 heavy (non-hydrogen) atoms. The van der Waals surface area contributed by atoms with Gasteiger partial charge in [0.05, 0.1) is 18.4 Å². The Morgan fingerprint density at radius 2 is 1.93 bits per heavy atom. The van der Waals surface area contributed by atoms with Crippen molar-refractivity contribution >= 4 is 34.7 Å². The average Bonchev–Trinajstić information content (AvgIpc) is 3.33. The zero-order valence-corrected chi connectivity index (χ0v) is 18.5. The van der Waals surface area contributed by atoms with Gasteiger partial charge in [-0.1, -0.05) is 41.9 Å². The van der Waals surface area contributed by atoms with E-state index in [-0.39, 0.29) is 0 Å². The number of hydrogen-bond donors (Lipinski definition) is 0. The largest absolute Gasteiger partial charge is 0.497 e. The number of halogens is 1. The van der Waals surface area contributed by atoms with Crippen molar-refractivity contribution < 1.29 is 4.74 Å². The molecule has 0 aliphatic carbocycles. The fourth-order valence-corrected chi connectivity index (χ4v) is 4.86. The van der Waals surface area contributed by atoms with Gasteiger partial charge in [-0.25, -0.2) is 4.98 Å². The molecular formula is C24H17ClN2OS2. The third-order valence-electron chi connectivity index (χ3n) is 4.54. The summed E-state index contributed by atoms with van der Waals surface area (Å²) in [6.45, 7) is 0. The quantitative estimate of drug-likeness (QED) is 0.290. The van der Waals surface area contributed by atoms with Crippen LogP contribution in [0.2, 0.25) is 5.02 Å². The summed E-state index contributed by atoms with van der Waals surface area (Å²) < 4.78 is 5.37. The highest BCUT2D eigenvalue weighted by Crippen LogP contribution is 2.37. The molecule has 0 N–H and O–H groups in total. The van der Waals surface area contributed by atoms with Crippen LogP contribution >= 0.6 is 34.7 Å². The minimum absolute atomic E-state index is 0.600. The van der Waals surface area contributed by atoms with Crippen LogP contribution in [0, 0.1) is 11.3 Å². The molecule has 0 amide bonds. The third-order valence-corrected chi connectivity index (χ3v) is 6.74. The summed E-state index contributed by atoms with van der Waals surface area (Å²) in [6.07, 6.45) is 0. The van der Waals surface area contributed by atoms with Crippen LogP contribution in [-0.4, -0.2) is 12.1 Å². The molecule has 2 aromatic carbocycles. The fourth-order valence-electron chi connectivity index (χ4n) is 3.02. The number of benzene rings is 2. The molecule has 0 saturated heterocycles. The van der Waals surface area contributed by atoms with Crippen molar-refractivity contribution in [2.45, 2.75) is 10.8 Å². The van der Waals surface area contributed by atoms with Crippen LogP contribution in [0.5, 0.6) is 5.75 Å². The lowest BCUT2D eigenvalue weighted by molar-refractivity contribution is 0.415. The zero-order chi connectivity index (χ0) is 20.9. The topological polar surface area (TPSA) is 45.9 Å². The summed E-state index contributed by atoms with van der Waals surface area (Å²) in [5, 5.41) is 13.4. The molecule has 0 unspecified atom stereocenters. The number of pyridine rings is 1. The molecule has 0 spiro atoms. The van der Waals surface area contributed by atoms with E-state index >= 15 is 0 Å². The van der Waals surface area contributed by atoms with Gasteiger partial charge in [-0.05, 0) is 47.3 Å². The molecule has 148 valence electrons. The number of nitrogens with zero attached hydrogens (tertiary/aromatic N) is 2. The smallest absolute Gasteiger partial charge is 0.119 e. The van der Waals surface area contributed by atoms with E-state index < -0.39 is 0 Å². The number of thiophene rings is 1. The molecule has 0 atom stereocenters. The Bertz CT molecular complexity index is 1200. The Balaban J connectivity index is 1.79. The van der Waals surface area contributed by atoms with E-state index in [4.69, 9.17) is 21.3 Å². The van der Waals surface area contributed by atoms with Gasteiger partial charge < -0.3 is 4.74 Å². The van der Waals surface area contributed by atoms with E-state index in [1.54, 1.807) is 30.2 Å². The molecule has 0 saturated carbocycles. The summed E-state index contributed by atoms with van der Waals surface area (Å²) in [5.74, 6) is 1.47. The summed E-state index contributed by atoms with van der Waals surface area (Å²) in [7, 11) is 1.65. The Morgan fingerprint density at radius 1 is 1.10 bits per heavy atom. The van der Waals surface area contributed by atoms with Crippen LogP contribution in [0.25, 0.3) is 21.7 Å². The van der Waals surface area contributed by atoms with Gasteiger partial charge in [0.1, 0.15) is 16.8 Å². The van der Waals surface area contributed by atoms with Crippen LogP contribution in [-0.2, 0) is 5.75 Å². The predicted molar refractivity (Wildman–Crippen MR) is 125 cm³/mol. The van der Waals surface area contributed by atoms with E-state index in [1.165, 1.54) is 0 Å². The monoisotopic (exact) mass is 448 g/mol. The first-order chi connectivity index (χ1) is 14.7. The number of hydrogen-bond acceptors (Lipinski definition) is 5. The van der Waals surface area contributed by atoms with Crippen molar-refractivity contribution in [1.82, 2.24) is 4.98 Å². The minimum atomic E-state index is 0.600. The van der Waals surface area contributed by atoms with Gasteiger partial charge in [-0.3, -0.25) is 0 Å². The van der Waals surface area contributed by atoms with Gasteiger partial charge in [0.2, 0.25) is 0 Å². The van der Waals surface area contributed by atoms with Gasteiger partial charge in [0, 0.05) is 26.8 Å². The van der Waals surface area contributed by atoms with E-state index in [0.29, 0.717) is 16.3 Å². The predicted octanol–water partition coefficient (Wildman–Crippen LogP) is 7.30. The highest BCUT2D eigenvalue weighted by atomic mass is 35.5. The van der Waals surface area contributed by atoms with Gasteiger partial charge in [0.25, 0.3) is 0 Å². The lowest BCUT2D eigenvalue weighted by Gasteiger charge is -2.12. The van der Waals surface area contributed by atoms with Crippen molar-refractivity contribution in [1.29, 1.82) is 5.26 Å². The lowest BCUT2D eigenvalue weighted by Crippen LogP contribution is -1.96. The molecule has 0 bridgehead atoms. The molecule has 4 rings (SSSR count). The van der Waals surface area contributed by atoms with E-state index in [1.807, 2.05) is 72.1 Å². The number of ether oxygens (including phenoxy) is 1. The van der Waals surface area contributed by atoms with Gasteiger partial charge in [0.15, 0.2) is 0 Å². The number of thioether (sulfide) groups is 1. The van der Waals surface area contributed by atoms with Crippen LogP contribution in [0.1, 0.15) is 11.1 Å². The summed E-state index contributed by atoms with van der Waals surface area (Å²) in [5.41, 5.74) is 4.39. The molecule has 2 aromatic heterocycles. The highest BCUT2D eigenvalue weighted by molar-refractivity contribution is 7.98. The Labute approximate surface area is 188 Å². The number of methoxy groups -OCH3 is 1. The molecule has 0 aliphatic heterocycles. The second-order valence-corrected chi connectivity index (χ2v) is 8.82. The van der Waals surface area contributed by atoms with Gasteiger partial charge in [-0.15, -0.1) is 23.1 Å². The number of nitriles is 1. The molecule has 4 aromatic rings. The summed E-state index contributed by atoms with van der Waals surface area (Å²) in [6, 6.07) is 23.9. The first kappa shape index (κ1) is 20.5. The third kappa shape index (κ3) is 4.52. The van der Waals surface area contributed by atoms with Crippen LogP contribution in [0.4, 0.5) is 0 Å². The molecule has 6 heteroatoms. The van der Waals surface area contributed by atoms with Crippen LogP contribution < -0.4 is 4.74 Å². The maximum Gasteiger partial charge on any atom is 0.119 e. The van der Waals surface area contributed by atoms with Crippen molar-refractivity contribution in [2.24, 2.45) is 0 Å². The molecule has 0 radical (unpaired) electrons. The first-order valence-electron chi connectivity index (χ1n) is 9.18. The first-order valence-corrected chi connectivity index (χ1v) is 11.4. The highest BCUT2D eigenvalue weighted by Gasteiger charge is 2.17. The SMILES string of the molecule is COc1cccc(-c2cc(-c3cccs3)c(C#N)c(SCc3ccc(Cl)cc3)n2)c1. The van der Waals surface area contributed by atoms with E-state index in [9.17, 15) is 5.26 Å². The summed E-state index contributed by atoms with van der Waals surface area (Å²) >= 11 is 9.17. The maximum atomic E-state index is 9.94. The average molecular weight is 449 g/mol. The molecule has 0 aliphatic rings. The fraction of sp³-hybridized carbons (Fsp3) is 0.0833. The van der Waals surface area contributed by atoms with Crippen molar-refractivity contribution in [3.8, 4) is 33.5 Å². The molecular weight excluding hydrogens is 432 g/mol. The van der Waals surface area contributed by atoms with E-state index in [2.05, 4.69) is 6.07 Å². The van der Waals surface area contributed by atoms with Crippen molar-refractivity contribution in [2.75, 3.05) is 7.11 Å². The van der Waals surface area contributed by atoms with Gasteiger partial charge in [-0.2, -0.15) is 5.26 Å². The Kier molecular flexibility index (Phi) is 6.39. The molecule has 3 nitrogen and oxygen atoms in total. The van der Waals surface area contributed by atoms with Crippen LogP contribution in [0.15, 0.2) is 77.1 Å². The standard InChI is InChI=1S/C24H17ClN2OS2/c1-28-19-5-2-4-17(12-19)22-13-20(23-6-3-11-29-23)21(14-26)24(27-22)30-15-16-7-9-18(25)10-8-16/h2-13H,15H2,1H3. The minimum Gasteiger partial charge on any atom is -0.497 e. The summed E-state index contributed by atoms with van der Waals surface area (Å²) in [4.78, 5) is 5.90. The van der Waals surface area contributed by atoms with Gasteiger partial charge >= 0.3 is 0 Å². The Morgan fingerprint density at radius 3 is 2.63 bits per heavy atom. The second-order valence-electron chi connectivity index (χ2n) is 6.47. The van der Waals surface area contributed by atoms with Crippen LogP contribution in [0.3, 0.4) is 0 Å². The maximum absolute atomic E-state index is 9.94. The van der Waals surface area contributed by atoms with E-state index in [0.717, 1.165) is 38.0 Å². The Hall–Kier alpha value is -2.78. The molecule has 2 heterocycles. The second kappa shape index (κ2) is 9.36. The van der Waals surface area contributed by atoms with Crippen molar-refractivity contribution in [3.63, 3.8) is 0 Å².